The number of aromatic carboxylic acids is 1. The van der Waals surface area contributed by atoms with E-state index in [1.54, 1.807) is 27.4 Å². The summed E-state index contributed by atoms with van der Waals surface area (Å²) >= 11 is 0. The Bertz CT molecular complexity index is 1150. The number of fused-ring (bicyclic) bond motifs is 1. The summed E-state index contributed by atoms with van der Waals surface area (Å²) in [5, 5.41) is 10.6. The van der Waals surface area contributed by atoms with Crippen molar-refractivity contribution in [3.8, 4) is 17.2 Å². The molecule has 1 N–H and O–H groups in total. The first-order valence-electron chi connectivity index (χ1n) is 10.1. The summed E-state index contributed by atoms with van der Waals surface area (Å²) in [5.74, 6) is 0.671. The number of nitrogens with zero attached hydrogens (tertiary/aromatic N) is 1. The number of carboxylic acids is 1. The molecule has 0 saturated heterocycles. The van der Waals surface area contributed by atoms with Crippen molar-refractivity contribution in [3.63, 3.8) is 0 Å². The summed E-state index contributed by atoms with van der Waals surface area (Å²) in [7, 11) is 4.71. The Hall–Kier alpha value is -3.54. The Labute approximate surface area is 182 Å². The number of ether oxygens (including phenoxy) is 3. The second kappa shape index (κ2) is 9.51. The number of carboxylic acid groups (broad SMARTS) is 1. The van der Waals surface area contributed by atoms with Crippen LogP contribution in [0.2, 0.25) is 0 Å². The topological polar surface area (TPSA) is 77.9 Å². The summed E-state index contributed by atoms with van der Waals surface area (Å²) in [5.41, 5.74) is 4.09. The second-order valence-corrected chi connectivity index (χ2v) is 6.94. The minimum atomic E-state index is -0.948. The van der Waals surface area contributed by atoms with E-state index < -0.39 is 5.97 Å². The van der Waals surface area contributed by atoms with Crippen LogP contribution in [-0.2, 0) is 6.42 Å². The molecule has 31 heavy (non-hydrogen) atoms. The number of hydrogen-bond acceptors (Lipinski definition) is 5. The van der Waals surface area contributed by atoms with Gasteiger partial charge in [-0.05, 0) is 48.3 Å². The highest BCUT2D eigenvalue weighted by Gasteiger charge is 2.21. The van der Waals surface area contributed by atoms with Crippen molar-refractivity contribution >= 4 is 28.5 Å². The van der Waals surface area contributed by atoms with Crippen molar-refractivity contribution in [3.05, 3.63) is 58.8 Å². The SMILES string of the molecule is CC/C(=C\c1ccc(OC)c(OC)c1OC)c1nc2ccccc2c(C(=O)O)c1CC. The second-order valence-electron chi connectivity index (χ2n) is 6.94. The van der Waals surface area contributed by atoms with Gasteiger partial charge < -0.3 is 19.3 Å². The number of para-hydroxylation sites is 1. The third-order valence-electron chi connectivity index (χ3n) is 5.31. The number of benzene rings is 2. The number of pyridine rings is 1. The van der Waals surface area contributed by atoms with Crippen LogP contribution >= 0.6 is 0 Å². The van der Waals surface area contributed by atoms with Crippen molar-refractivity contribution in [1.29, 1.82) is 0 Å². The predicted octanol–water partition coefficient (Wildman–Crippen LogP) is 5.47. The molecule has 0 aliphatic carbocycles. The van der Waals surface area contributed by atoms with E-state index in [0.717, 1.165) is 16.7 Å². The molecule has 0 unspecified atom stereocenters. The van der Waals surface area contributed by atoms with E-state index in [4.69, 9.17) is 19.2 Å². The number of hydrogen-bond donors (Lipinski definition) is 1. The van der Waals surface area contributed by atoms with Crippen molar-refractivity contribution in [2.75, 3.05) is 21.3 Å². The lowest BCUT2D eigenvalue weighted by Gasteiger charge is -2.17. The summed E-state index contributed by atoms with van der Waals surface area (Å²) in [4.78, 5) is 17.0. The highest BCUT2D eigenvalue weighted by Crippen LogP contribution is 2.41. The first-order valence-corrected chi connectivity index (χ1v) is 10.1. The van der Waals surface area contributed by atoms with E-state index in [9.17, 15) is 9.90 Å². The van der Waals surface area contributed by atoms with Crippen LogP contribution in [-0.4, -0.2) is 37.4 Å². The highest BCUT2D eigenvalue weighted by atomic mass is 16.5. The van der Waals surface area contributed by atoms with Crippen molar-refractivity contribution in [1.82, 2.24) is 4.98 Å². The number of aromatic nitrogens is 1. The quantitative estimate of drug-likeness (QED) is 0.519. The summed E-state index contributed by atoms with van der Waals surface area (Å²) in [6.45, 7) is 3.97. The van der Waals surface area contributed by atoms with Crippen LogP contribution in [0.1, 0.15) is 47.4 Å². The Balaban J connectivity index is 2.31. The van der Waals surface area contributed by atoms with E-state index in [1.165, 1.54) is 0 Å². The molecule has 0 bridgehead atoms. The van der Waals surface area contributed by atoms with Gasteiger partial charge in [-0.15, -0.1) is 0 Å². The normalized spacial score (nSPS) is 11.5. The number of allylic oxidation sites excluding steroid dienone is 1. The Morgan fingerprint density at radius 3 is 2.29 bits per heavy atom. The van der Waals surface area contributed by atoms with Gasteiger partial charge >= 0.3 is 5.97 Å². The van der Waals surface area contributed by atoms with Gasteiger partial charge in [0.1, 0.15) is 0 Å². The zero-order chi connectivity index (χ0) is 22.5. The molecule has 0 aliphatic rings. The minimum absolute atomic E-state index is 0.307. The number of carbonyl (C=O) groups is 1. The zero-order valence-electron chi connectivity index (χ0n) is 18.5. The molecule has 1 aromatic heterocycles. The molecule has 3 aromatic rings. The molecule has 6 nitrogen and oxygen atoms in total. The van der Waals surface area contributed by atoms with E-state index >= 15 is 0 Å². The van der Waals surface area contributed by atoms with E-state index in [1.807, 2.05) is 50.3 Å². The van der Waals surface area contributed by atoms with Crippen LogP contribution in [0.5, 0.6) is 17.2 Å². The van der Waals surface area contributed by atoms with Gasteiger partial charge in [0.25, 0.3) is 0 Å². The highest BCUT2D eigenvalue weighted by molar-refractivity contribution is 6.05. The first kappa shape index (κ1) is 22.2. The summed E-state index contributed by atoms with van der Waals surface area (Å²) < 4.78 is 16.5. The molecule has 0 radical (unpaired) electrons. The van der Waals surface area contributed by atoms with Gasteiger partial charge in [-0.2, -0.15) is 0 Å². The van der Waals surface area contributed by atoms with Gasteiger partial charge in [0.2, 0.25) is 5.75 Å². The monoisotopic (exact) mass is 421 g/mol. The molecule has 1 heterocycles. The largest absolute Gasteiger partial charge is 0.493 e. The van der Waals surface area contributed by atoms with Gasteiger partial charge in [-0.1, -0.05) is 32.0 Å². The van der Waals surface area contributed by atoms with Crippen LogP contribution in [0.25, 0.3) is 22.6 Å². The molecule has 0 aliphatic heterocycles. The van der Waals surface area contributed by atoms with Crippen LogP contribution in [0.4, 0.5) is 0 Å². The van der Waals surface area contributed by atoms with Crippen molar-refractivity contribution in [2.45, 2.75) is 26.7 Å². The van der Waals surface area contributed by atoms with Gasteiger partial charge in [0, 0.05) is 10.9 Å². The molecule has 3 rings (SSSR count). The lowest BCUT2D eigenvalue weighted by molar-refractivity contribution is 0.0697. The Morgan fingerprint density at radius 1 is 1.00 bits per heavy atom. The fraction of sp³-hybridized carbons (Fsp3) is 0.280. The number of rotatable bonds is 8. The smallest absolute Gasteiger partial charge is 0.336 e. The molecular weight excluding hydrogens is 394 g/mol. The van der Waals surface area contributed by atoms with Gasteiger partial charge in [0.15, 0.2) is 11.5 Å². The molecule has 0 amide bonds. The molecule has 0 atom stereocenters. The Kier molecular flexibility index (Phi) is 6.80. The molecular formula is C25H27NO5. The fourth-order valence-corrected chi connectivity index (χ4v) is 3.87. The molecule has 0 spiro atoms. The van der Waals surface area contributed by atoms with Gasteiger partial charge in [-0.25, -0.2) is 9.78 Å². The van der Waals surface area contributed by atoms with Crippen LogP contribution in [0, 0.1) is 0 Å². The predicted molar refractivity (Wildman–Crippen MR) is 122 cm³/mol. The lowest BCUT2D eigenvalue weighted by Crippen LogP contribution is -2.09. The lowest BCUT2D eigenvalue weighted by atomic mass is 9.93. The molecule has 2 aromatic carbocycles. The maximum absolute atomic E-state index is 12.2. The van der Waals surface area contributed by atoms with E-state index in [-0.39, 0.29) is 0 Å². The van der Waals surface area contributed by atoms with Crippen molar-refractivity contribution < 1.29 is 24.1 Å². The third-order valence-corrected chi connectivity index (χ3v) is 5.31. The molecule has 6 heteroatoms. The average Bonchev–Trinajstić information content (AvgIpc) is 2.80. The maximum atomic E-state index is 12.2. The summed E-state index contributed by atoms with van der Waals surface area (Å²) in [6, 6.07) is 11.1. The van der Waals surface area contributed by atoms with Gasteiger partial charge in [-0.3, -0.25) is 0 Å². The Morgan fingerprint density at radius 2 is 1.71 bits per heavy atom. The summed E-state index contributed by atoms with van der Waals surface area (Å²) in [6.07, 6.45) is 3.19. The third kappa shape index (κ3) is 4.06. The average molecular weight is 421 g/mol. The van der Waals surface area contributed by atoms with E-state index in [0.29, 0.717) is 52.3 Å². The van der Waals surface area contributed by atoms with Crippen LogP contribution in [0.15, 0.2) is 36.4 Å². The first-order chi connectivity index (χ1) is 15.0. The fourth-order valence-electron chi connectivity index (χ4n) is 3.87. The van der Waals surface area contributed by atoms with Crippen LogP contribution in [0.3, 0.4) is 0 Å². The number of methoxy groups -OCH3 is 3. The molecule has 0 saturated carbocycles. The zero-order valence-corrected chi connectivity index (χ0v) is 18.5. The minimum Gasteiger partial charge on any atom is -0.493 e. The van der Waals surface area contributed by atoms with Crippen molar-refractivity contribution in [2.24, 2.45) is 0 Å². The molecule has 0 fully saturated rings. The maximum Gasteiger partial charge on any atom is 0.336 e. The molecule has 162 valence electrons. The van der Waals surface area contributed by atoms with Gasteiger partial charge in [0.05, 0.1) is 38.1 Å². The van der Waals surface area contributed by atoms with Crippen LogP contribution < -0.4 is 14.2 Å². The van der Waals surface area contributed by atoms with E-state index in [2.05, 4.69) is 0 Å². The standard InChI is InChI=1S/C25H27NO5/c1-6-15(14-16-12-13-20(29-3)24(31-5)23(16)30-4)22-17(7-2)21(25(27)28)18-10-8-9-11-19(18)26-22/h8-14H,6-7H2,1-5H3,(H,27,28)/b15-14+.